The summed E-state index contributed by atoms with van der Waals surface area (Å²) in [6.45, 7) is 1.51. The number of rotatable bonds is 3. The fourth-order valence-electron chi connectivity index (χ4n) is 2.31. The number of nitrogens with two attached hydrogens (primary N) is 1. The number of halogens is 4. The molecule has 0 aliphatic carbocycles. The summed E-state index contributed by atoms with van der Waals surface area (Å²) in [6.07, 6.45) is -4.82. The summed E-state index contributed by atoms with van der Waals surface area (Å²) in [5.74, 6) is -2.27. The van der Waals surface area contributed by atoms with E-state index in [2.05, 4.69) is 10.1 Å². The van der Waals surface area contributed by atoms with Crippen LogP contribution in [-0.4, -0.2) is 23.2 Å². The Morgan fingerprint density at radius 3 is 2.22 bits per heavy atom. The van der Waals surface area contributed by atoms with Crippen molar-refractivity contribution in [3.05, 3.63) is 59.7 Å². The quantitative estimate of drug-likeness (QED) is 0.684. The van der Waals surface area contributed by atoms with E-state index < -0.39 is 27.8 Å². The molecule has 0 radical (unpaired) electrons. The number of alkyl halides is 3. The Balaban J connectivity index is 2.19. The minimum absolute atomic E-state index is 0.0802. The average Bonchev–Trinajstić information content (AvgIpc) is 3.02. The molecule has 3 rings (SSSR count). The van der Waals surface area contributed by atoms with Gasteiger partial charge in [-0.1, -0.05) is 12.1 Å². The number of primary sulfonamides is 1. The predicted octanol–water partition coefficient (Wildman–Crippen LogP) is 3.05. The lowest BCUT2D eigenvalue weighted by atomic mass is 10.1. The van der Waals surface area contributed by atoms with Crippen molar-refractivity contribution in [3.63, 3.8) is 0 Å². The molecule has 11 heteroatoms. The van der Waals surface area contributed by atoms with Crippen LogP contribution in [0.1, 0.15) is 11.4 Å². The highest BCUT2D eigenvalue weighted by Gasteiger charge is 2.37. The first-order valence-electron chi connectivity index (χ1n) is 7.41. The highest BCUT2D eigenvalue weighted by molar-refractivity contribution is 7.89. The maximum atomic E-state index is 13.9. The molecule has 0 atom stereocenters. The van der Waals surface area contributed by atoms with Gasteiger partial charge in [-0.3, -0.25) is 0 Å². The molecule has 142 valence electrons. The number of aromatic nitrogens is 3. The van der Waals surface area contributed by atoms with E-state index in [9.17, 15) is 26.0 Å². The van der Waals surface area contributed by atoms with Crippen LogP contribution < -0.4 is 5.14 Å². The first-order valence-corrected chi connectivity index (χ1v) is 8.95. The summed E-state index contributed by atoms with van der Waals surface area (Å²) >= 11 is 0. The van der Waals surface area contributed by atoms with Gasteiger partial charge in [-0.2, -0.15) is 13.2 Å². The summed E-state index contributed by atoms with van der Waals surface area (Å²) < 4.78 is 76.6. The van der Waals surface area contributed by atoms with Gasteiger partial charge in [0, 0.05) is 5.56 Å². The Bertz CT molecular complexity index is 1110. The second kappa shape index (κ2) is 6.43. The SMILES string of the molecule is Cc1ccc(-c2nc(C(F)(F)F)nn2-c2ccc(S(N)(=O)=O)cc2)cc1F. The molecule has 1 heterocycles. The summed E-state index contributed by atoms with van der Waals surface area (Å²) in [5.41, 5.74) is 0.497. The van der Waals surface area contributed by atoms with E-state index in [0.29, 0.717) is 5.56 Å². The first kappa shape index (κ1) is 19.0. The van der Waals surface area contributed by atoms with Crippen LogP contribution in [0.3, 0.4) is 0 Å². The van der Waals surface area contributed by atoms with Crippen LogP contribution in [0.2, 0.25) is 0 Å². The topological polar surface area (TPSA) is 90.9 Å². The fraction of sp³-hybridized carbons (Fsp3) is 0.125. The van der Waals surface area contributed by atoms with Crippen LogP contribution in [0.5, 0.6) is 0 Å². The molecule has 0 saturated heterocycles. The van der Waals surface area contributed by atoms with E-state index in [1.807, 2.05) is 0 Å². The molecule has 0 aliphatic heterocycles. The molecule has 27 heavy (non-hydrogen) atoms. The minimum Gasteiger partial charge on any atom is -0.225 e. The van der Waals surface area contributed by atoms with Crippen molar-refractivity contribution < 1.29 is 26.0 Å². The zero-order valence-electron chi connectivity index (χ0n) is 13.7. The molecule has 0 fully saturated rings. The summed E-state index contributed by atoms with van der Waals surface area (Å²) in [6, 6.07) is 8.57. The molecule has 2 aromatic carbocycles. The van der Waals surface area contributed by atoms with E-state index in [0.717, 1.165) is 22.9 Å². The number of nitrogens with zero attached hydrogens (tertiary/aromatic N) is 3. The van der Waals surface area contributed by atoms with E-state index in [4.69, 9.17) is 5.14 Å². The van der Waals surface area contributed by atoms with E-state index in [1.54, 1.807) is 0 Å². The van der Waals surface area contributed by atoms with Crippen LogP contribution in [0, 0.1) is 12.7 Å². The number of hydrogen-bond donors (Lipinski definition) is 1. The molecule has 0 spiro atoms. The Labute approximate surface area is 151 Å². The number of hydrogen-bond acceptors (Lipinski definition) is 4. The van der Waals surface area contributed by atoms with Crippen molar-refractivity contribution in [3.8, 4) is 17.1 Å². The van der Waals surface area contributed by atoms with E-state index in [-0.39, 0.29) is 22.0 Å². The molecule has 1 aromatic heterocycles. The molecule has 2 N–H and O–H groups in total. The third kappa shape index (κ3) is 3.83. The second-order valence-corrected chi connectivity index (χ2v) is 7.23. The van der Waals surface area contributed by atoms with Crippen LogP contribution in [-0.2, 0) is 16.2 Å². The standard InChI is InChI=1S/C16H12F4N4O2S/c1-9-2-3-10(8-13(9)17)14-22-15(16(18,19)20)23-24(14)11-4-6-12(7-5-11)27(21,25)26/h2-8H,1H3,(H2,21,25,26). The van der Waals surface area contributed by atoms with Crippen molar-refractivity contribution in [2.75, 3.05) is 0 Å². The first-order chi connectivity index (χ1) is 12.5. The molecule has 0 saturated carbocycles. The van der Waals surface area contributed by atoms with Gasteiger partial charge in [0.15, 0.2) is 5.82 Å². The molecule has 0 amide bonds. The molecule has 3 aromatic rings. The summed E-state index contributed by atoms with van der Waals surface area (Å²) in [5, 5.41) is 8.45. The average molecular weight is 400 g/mol. The Kier molecular flexibility index (Phi) is 4.52. The van der Waals surface area contributed by atoms with Crippen molar-refractivity contribution in [1.82, 2.24) is 14.8 Å². The van der Waals surface area contributed by atoms with Gasteiger partial charge in [0.05, 0.1) is 10.6 Å². The van der Waals surface area contributed by atoms with Gasteiger partial charge < -0.3 is 0 Å². The smallest absolute Gasteiger partial charge is 0.225 e. The molecule has 0 unspecified atom stereocenters. The van der Waals surface area contributed by atoms with Gasteiger partial charge in [-0.25, -0.2) is 27.6 Å². The van der Waals surface area contributed by atoms with Crippen LogP contribution in [0.25, 0.3) is 17.1 Å². The Morgan fingerprint density at radius 1 is 1.07 bits per heavy atom. The zero-order valence-corrected chi connectivity index (χ0v) is 14.5. The lowest BCUT2D eigenvalue weighted by Gasteiger charge is -2.07. The van der Waals surface area contributed by atoms with Crippen molar-refractivity contribution in [2.24, 2.45) is 5.14 Å². The lowest BCUT2D eigenvalue weighted by molar-refractivity contribution is -0.144. The van der Waals surface area contributed by atoms with Gasteiger partial charge in [0.25, 0.3) is 5.82 Å². The third-order valence-electron chi connectivity index (χ3n) is 3.70. The third-order valence-corrected chi connectivity index (χ3v) is 4.63. The molecule has 0 bridgehead atoms. The zero-order chi connectivity index (χ0) is 20.0. The normalized spacial score (nSPS) is 12.4. The predicted molar refractivity (Wildman–Crippen MR) is 87.9 cm³/mol. The van der Waals surface area contributed by atoms with Crippen molar-refractivity contribution >= 4 is 10.0 Å². The van der Waals surface area contributed by atoms with Gasteiger partial charge in [-0.05, 0) is 42.8 Å². The van der Waals surface area contributed by atoms with Gasteiger partial charge in [-0.15, -0.1) is 5.10 Å². The summed E-state index contributed by atoms with van der Waals surface area (Å²) in [4.78, 5) is 3.27. The van der Waals surface area contributed by atoms with Gasteiger partial charge in [0.2, 0.25) is 10.0 Å². The van der Waals surface area contributed by atoms with Crippen molar-refractivity contribution in [1.29, 1.82) is 0 Å². The minimum atomic E-state index is -4.82. The van der Waals surface area contributed by atoms with Gasteiger partial charge in [0.1, 0.15) is 5.82 Å². The fourth-order valence-corrected chi connectivity index (χ4v) is 2.82. The molecular formula is C16H12F4N4O2S. The molecular weight excluding hydrogens is 388 g/mol. The molecule has 0 aliphatic rings. The van der Waals surface area contributed by atoms with E-state index in [1.165, 1.54) is 31.2 Å². The Hall–Kier alpha value is -2.79. The van der Waals surface area contributed by atoms with Crippen LogP contribution in [0.15, 0.2) is 47.4 Å². The molecule has 6 nitrogen and oxygen atoms in total. The van der Waals surface area contributed by atoms with Crippen LogP contribution in [0.4, 0.5) is 17.6 Å². The lowest BCUT2D eigenvalue weighted by Crippen LogP contribution is -2.12. The monoisotopic (exact) mass is 400 g/mol. The largest absolute Gasteiger partial charge is 0.453 e. The number of sulfonamides is 1. The second-order valence-electron chi connectivity index (χ2n) is 5.67. The maximum absolute atomic E-state index is 13.9. The van der Waals surface area contributed by atoms with Crippen molar-refractivity contribution in [2.45, 2.75) is 18.0 Å². The van der Waals surface area contributed by atoms with Gasteiger partial charge >= 0.3 is 6.18 Å². The summed E-state index contributed by atoms with van der Waals surface area (Å²) in [7, 11) is -3.97. The maximum Gasteiger partial charge on any atom is 0.453 e. The highest BCUT2D eigenvalue weighted by Crippen LogP contribution is 2.31. The van der Waals surface area contributed by atoms with E-state index >= 15 is 0 Å². The Morgan fingerprint density at radius 2 is 1.70 bits per heavy atom. The van der Waals surface area contributed by atoms with Crippen LogP contribution >= 0.6 is 0 Å². The number of aryl methyl sites for hydroxylation is 1. The number of benzene rings is 2. The highest BCUT2D eigenvalue weighted by atomic mass is 32.2.